The molecule has 1 aromatic carbocycles. The van der Waals surface area contributed by atoms with Crippen LogP contribution >= 0.6 is 0 Å². The summed E-state index contributed by atoms with van der Waals surface area (Å²) < 4.78 is 5.45. The number of nitro groups is 1. The molecule has 0 amide bonds. The number of hydrogen-bond donors (Lipinski definition) is 0. The summed E-state index contributed by atoms with van der Waals surface area (Å²) in [6.45, 7) is 4.61. The molecule has 0 bridgehead atoms. The summed E-state index contributed by atoms with van der Waals surface area (Å²) in [6, 6.07) is 6.60. The Morgan fingerprint density at radius 3 is 2.76 bits per heavy atom. The first-order valence-electron chi connectivity index (χ1n) is 5.54. The molecule has 5 heteroatoms. The lowest BCUT2D eigenvalue weighted by Crippen LogP contribution is -2.13. The molecule has 1 atom stereocenters. The number of aliphatic imine (C=N–C) groups is 1. The van der Waals surface area contributed by atoms with E-state index < -0.39 is 4.92 Å². The van der Waals surface area contributed by atoms with Gasteiger partial charge in [0.1, 0.15) is 12.2 Å². The van der Waals surface area contributed by atoms with Crippen LogP contribution in [0, 0.1) is 16.0 Å². The van der Waals surface area contributed by atoms with Gasteiger partial charge in [-0.1, -0.05) is 26.0 Å². The third kappa shape index (κ3) is 2.27. The summed E-state index contributed by atoms with van der Waals surface area (Å²) in [5.74, 6) is 0.756. The van der Waals surface area contributed by atoms with Gasteiger partial charge < -0.3 is 4.74 Å². The van der Waals surface area contributed by atoms with Gasteiger partial charge in [0.15, 0.2) is 0 Å². The number of para-hydroxylation sites is 1. The molecule has 0 unspecified atom stereocenters. The van der Waals surface area contributed by atoms with Crippen molar-refractivity contribution in [3.63, 3.8) is 0 Å². The zero-order valence-corrected chi connectivity index (χ0v) is 9.79. The second-order valence-electron chi connectivity index (χ2n) is 4.33. The second-order valence-corrected chi connectivity index (χ2v) is 4.33. The van der Waals surface area contributed by atoms with Crippen LogP contribution in [0.1, 0.15) is 19.4 Å². The zero-order valence-electron chi connectivity index (χ0n) is 9.79. The molecule has 17 heavy (non-hydrogen) atoms. The fourth-order valence-electron chi connectivity index (χ4n) is 1.69. The van der Waals surface area contributed by atoms with Gasteiger partial charge in [0.25, 0.3) is 5.69 Å². The van der Waals surface area contributed by atoms with Crippen molar-refractivity contribution < 1.29 is 9.66 Å². The summed E-state index contributed by atoms with van der Waals surface area (Å²) in [4.78, 5) is 14.9. The summed E-state index contributed by atoms with van der Waals surface area (Å²) in [5, 5.41) is 10.9. The van der Waals surface area contributed by atoms with Crippen molar-refractivity contribution >= 4 is 11.6 Å². The number of ether oxygens (including phenoxy) is 1. The molecule has 0 N–H and O–H groups in total. The molecule has 5 nitrogen and oxygen atoms in total. The first kappa shape index (κ1) is 11.6. The predicted octanol–water partition coefficient (Wildman–Crippen LogP) is 2.40. The first-order chi connectivity index (χ1) is 8.09. The molecular weight excluding hydrogens is 220 g/mol. The van der Waals surface area contributed by atoms with E-state index in [-0.39, 0.29) is 11.7 Å². The molecule has 1 aromatic rings. The Hall–Kier alpha value is -1.91. The van der Waals surface area contributed by atoms with Crippen LogP contribution in [-0.2, 0) is 4.74 Å². The average molecular weight is 234 g/mol. The summed E-state index contributed by atoms with van der Waals surface area (Å²) in [7, 11) is 0. The van der Waals surface area contributed by atoms with Gasteiger partial charge in [-0.05, 0) is 12.0 Å². The number of nitro benzene ring substituents is 1. The van der Waals surface area contributed by atoms with E-state index in [2.05, 4.69) is 18.8 Å². The summed E-state index contributed by atoms with van der Waals surface area (Å²) >= 11 is 0. The fourth-order valence-corrected chi connectivity index (χ4v) is 1.69. The van der Waals surface area contributed by atoms with Crippen LogP contribution in [0.4, 0.5) is 5.69 Å². The molecule has 0 saturated heterocycles. The number of rotatable bonds is 3. The Morgan fingerprint density at radius 1 is 1.47 bits per heavy atom. The maximum atomic E-state index is 10.9. The van der Waals surface area contributed by atoms with Crippen molar-refractivity contribution in [2.24, 2.45) is 10.9 Å². The smallest absolute Gasteiger partial charge is 0.282 e. The van der Waals surface area contributed by atoms with Crippen LogP contribution in [0.2, 0.25) is 0 Å². The first-order valence-corrected chi connectivity index (χ1v) is 5.54. The molecule has 0 radical (unpaired) electrons. The minimum Gasteiger partial charge on any atom is -0.475 e. The molecule has 1 aliphatic rings. The van der Waals surface area contributed by atoms with E-state index in [9.17, 15) is 10.1 Å². The van der Waals surface area contributed by atoms with Gasteiger partial charge in [0.2, 0.25) is 5.90 Å². The Morgan fingerprint density at radius 2 is 2.18 bits per heavy atom. The van der Waals surface area contributed by atoms with Crippen molar-refractivity contribution in [3.05, 3.63) is 39.9 Å². The van der Waals surface area contributed by atoms with Gasteiger partial charge >= 0.3 is 0 Å². The van der Waals surface area contributed by atoms with E-state index >= 15 is 0 Å². The third-order valence-corrected chi connectivity index (χ3v) is 2.77. The predicted molar refractivity (Wildman–Crippen MR) is 64.2 cm³/mol. The summed E-state index contributed by atoms with van der Waals surface area (Å²) in [6.07, 6.45) is 0. The van der Waals surface area contributed by atoms with Crippen LogP contribution in [-0.4, -0.2) is 23.5 Å². The number of hydrogen-bond acceptors (Lipinski definition) is 4. The highest BCUT2D eigenvalue weighted by atomic mass is 16.6. The average Bonchev–Trinajstić information content (AvgIpc) is 2.78. The van der Waals surface area contributed by atoms with Crippen LogP contribution < -0.4 is 0 Å². The molecule has 1 aliphatic heterocycles. The fraction of sp³-hybridized carbons (Fsp3) is 0.417. The zero-order chi connectivity index (χ0) is 12.4. The van der Waals surface area contributed by atoms with E-state index in [1.165, 1.54) is 6.07 Å². The normalized spacial score (nSPS) is 19.0. The Balaban J connectivity index is 2.36. The van der Waals surface area contributed by atoms with Gasteiger partial charge in [-0.3, -0.25) is 10.1 Å². The quantitative estimate of drug-likeness (QED) is 0.595. The van der Waals surface area contributed by atoms with E-state index in [1.807, 2.05) is 0 Å². The van der Waals surface area contributed by atoms with E-state index in [0.717, 1.165) is 0 Å². The van der Waals surface area contributed by atoms with Gasteiger partial charge in [0, 0.05) is 6.07 Å². The molecular formula is C12H14N2O3. The van der Waals surface area contributed by atoms with Crippen molar-refractivity contribution in [1.82, 2.24) is 0 Å². The molecule has 0 spiro atoms. The molecule has 0 aromatic heterocycles. The molecule has 0 aliphatic carbocycles. The third-order valence-electron chi connectivity index (χ3n) is 2.77. The maximum Gasteiger partial charge on any atom is 0.282 e. The number of nitrogens with zero attached hydrogens (tertiary/aromatic N) is 2. The molecule has 0 saturated carbocycles. The monoisotopic (exact) mass is 234 g/mol. The van der Waals surface area contributed by atoms with E-state index in [4.69, 9.17) is 4.74 Å². The van der Waals surface area contributed by atoms with Gasteiger partial charge in [-0.25, -0.2) is 4.99 Å². The molecule has 90 valence electrons. The van der Waals surface area contributed by atoms with Crippen molar-refractivity contribution in [2.75, 3.05) is 6.61 Å². The second kappa shape index (κ2) is 4.53. The number of benzene rings is 1. The van der Waals surface area contributed by atoms with Crippen molar-refractivity contribution in [1.29, 1.82) is 0 Å². The van der Waals surface area contributed by atoms with E-state index in [1.54, 1.807) is 18.2 Å². The topological polar surface area (TPSA) is 64.7 Å². The Labute approximate surface area is 99.3 Å². The lowest BCUT2D eigenvalue weighted by molar-refractivity contribution is -0.385. The minimum absolute atomic E-state index is 0.0376. The van der Waals surface area contributed by atoms with Crippen LogP contribution in [0.15, 0.2) is 29.3 Å². The highest BCUT2D eigenvalue weighted by Crippen LogP contribution is 2.23. The minimum atomic E-state index is -0.413. The van der Waals surface area contributed by atoms with Crippen LogP contribution in [0.5, 0.6) is 0 Å². The lowest BCUT2D eigenvalue weighted by atomic mass is 10.1. The highest BCUT2D eigenvalue weighted by molar-refractivity contribution is 5.98. The standard InChI is InChI=1S/C12H14N2O3/c1-8(2)10-7-17-12(13-10)9-5-3-4-6-11(9)14(15)16/h3-6,8,10H,7H2,1-2H3/t10-/m0/s1. The van der Waals surface area contributed by atoms with E-state index in [0.29, 0.717) is 24.0 Å². The van der Waals surface area contributed by atoms with Crippen LogP contribution in [0.3, 0.4) is 0 Å². The summed E-state index contributed by atoms with van der Waals surface area (Å²) in [5.41, 5.74) is 0.497. The SMILES string of the molecule is CC(C)[C@@H]1COC(c2ccccc2[N+](=O)[O-])=N1. The van der Waals surface area contributed by atoms with Gasteiger partial charge in [-0.15, -0.1) is 0 Å². The van der Waals surface area contributed by atoms with Gasteiger partial charge in [0.05, 0.1) is 11.0 Å². The molecule has 0 fully saturated rings. The maximum absolute atomic E-state index is 10.9. The highest BCUT2D eigenvalue weighted by Gasteiger charge is 2.27. The van der Waals surface area contributed by atoms with Crippen molar-refractivity contribution in [3.8, 4) is 0 Å². The Bertz CT molecular complexity index is 469. The Kier molecular flexibility index (Phi) is 3.08. The largest absolute Gasteiger partial charge is 0.475 e. The van der Waals surface area contributed by atoms with Crippen LogP contribution in [0.25, 0.3) is 0 Å². The molecule has 2 rings (SSSR count). The van der Waals surface area contributed by atoms with Crippen molar-refractivity contribution in [2.45, 2.75) is 19.9 Å². The lowest BCUT2D eigenvalue weighted by Gasteiger charge is -2.06. The molecule has 1 heterocycles. The van der Waals surface area contributed by atoms with Gasteiger partial charge in [-0.2, -0.15) is 0 Å².